The number of rotatable bonds is 3. The molecule has 1 aliphatic rings. The van der Waals surface area contributed by atoms with Crippen LogP contribution in [-0.4, -0.2) is 54.7 Å². The molecule has 2 heterocycles. The standard InChI is InChI=1S/C13H18N4O3/c1-2-20-13(19)17-7-5-16(6-8-17)10-3-4-15-11(9-10)12(14)18/h3-4,9H,2,5-8H2,1H3,(H2,14,18). The number of amides is 2. The van der Waals surface area contributed by atoms with E-state index in [4.69, 9.17) is 10.5 Å². The second-order valence-electron chi connectivity index (χ2n) is 4.44. The van der Waals surface area contributed by atoms with Gasteiger partial charge in [-0.2, -0.15) is 0 Å². The zero-order valence-electron chi connectivity index (χ0n) is 11.4. The molecule has 0 saturated carbocycles. The van der Waals surface area contributed by atoms with Crippen molar-refractivity contribution in [1.82, 2.24) is 9.88 Å². The number of nitrogens with two attached hydrogens (primary N) is 1. The first-order valence-electron chi connectivity index (χ1n) is 6.54. The number of primary amides is 1. The number of anilines is 1. The van der Waals surface area contributed by atoms with Gasteiger partial charge in [0.1, 0.15) is 5.69 Å². The monoisotopic (exact) mass is 278 g/mol. The van der Waals surface area contributed by atoms with Crippen LogP contribution >= 0.6 is 0 Å². The molecular weight excluding hydrogens is 260 g/mol. The van der Waals surface area contributed by atoms with Gasteiger partial charge in [-0.3, -0.25) is 9.78 Å². The maximum absolute atomic E-state index is 11.6. The Bertz CT molecular complexity index is 498. The van der Waals surface area contributed by atoms with Crippen LogP contribution in [0.1, 0.15) is 17.4 Å². The lowest BCUT2D eigenvalue weighted by Crippen LogP contribution is -2.49. The predicted octanol–water partition coefficient (Wildman–Crippen LogP) is 0.459. The summed E-state index contributed by atoms with van der Waals surface area (Å²) in [5.74, 6) is -0.544. The molecule has 2 amide bonds. The largest absolute Gasteiger partial charge is 0.450 e. The third kappa shape index (κ3) is 3.17. The topological polar surface area (TPSA) is 88.8 Å². The first-order valence-corrected chi connectivity index (χ1v) is 6.54. The average Bonchev–Trinajstić information content (AvgIpc) is 2.48. The molecule has 108 valence electrons. The summed E-state index contributed by atoms with van der Waals surface area (Å²) in [5.41, 5.74) is 6.35. The molecule has 0 aromatic carbocycles. The van der Waals surface area contributed by atoms with Gasteiger partial charge in [0.25, 0.3) is 5.91 Å². The van der Waals surface area contributed by atoms with Crippen molar-refractivity contribution in [3.63, 3.8) is 0 Å². The van der Waals surface area contributed by atoms with Crippen molar-refractivity contribution in [3.8, 4) is 0 Å². The van der Waals surface area contributed by atoms with E-state index in [-0.39, 0.29) is 11.8 Å². The van der Waals surface area contributed by atoms with E-state index in [1.54, 1.807) is 24.1 Å². The minimum absolute atomic E-state index is 0.246. The highest BCUT2D eigenvalue weighted by molar-refractivity contribution is 5.91. The second-order valence-corrected chi connectivity index (χ2v) is 4.44. The van der Waals surface area contributed by atoms with Gasteiger partial charge in [-0.05, 0) is 19.1 Å². The van der Waals surface area contributed by atoms with Gasteiger partial charge in [0.05, 0.1) is 6.61 Å². The zero-order valence-corrected chi connectivity index (χ0v) is 11.4. The number of ether oxygens (including phenoxy) is 1. The van der Waals surface area contributed by atoms with Crippen LogP contribution in [0.2, 0.25) is 0 Å². The van der Waals surface area contributed by atoms with E-state index in [1.165, 1.54) is 0 Å². The molecule has 1 aromatic heterocycles. The fraction of sp³-hybridized carbons (Fsp3) is 0.462. The van der Waals surface area contributed by atoms with Crippen LogP contribution in [0.15, 0.2) is 18.3 Å². The summed E-state index contributed by atoms with van der Waals surface area (Å²) in [6.45, 7) is 4.71. The molecule has 0 atom stereocenters. The Balaban J connectivity index is 1.98. The Labute approximate surface area is 117 Å². The molecule has 0 radical (unpaired) electrons. The van der Waals surface area contributed by atoms with Crippen molar-refractivity contribution in [2.45, 2.75) is 6.92 Å². The quantitative estimate of drug-likeness (QED) is 0.867. The van der Waals surface area contributed by atoms with Crippen LogP contribution in [0.5, 0.6) is 0 Å². The Morgan fingerprint density at radius 3 is 2.65 bits per heavy atom. The maximum atomic E-state index is 11.6. The van der Waals surface area contributed by atoms with E-state index in [0.717, 1.165) is 5.69 Å². The second kappa shape index (κ2) is 6.23. The fourth-order valence-electron chi connectivity index (χ4n) is 2.11. The number of carbonyl (C=O) groups excluding carboxylic acids is 2. The molecule has 0 spiro atoms. The first-order chi connectivity index (χ1) is 9.61. The van der Waals surface area contributed by atoms with Crippen LogP contribution < -0.4 is 10.6 Å². The van der Waals surface area contributed by atoms with Crippen LogP contribution in [0.3, 0.4) is 0 Å². The number of hydrogen-bond donors (Lipinski definition) is 1. The maximum Gasteiger partial charge on any atom is 0.409 e. The minimum Gasteiger partial charge on any atom is -0.450 e. The molecule has 7 heteroatoms. The smallest absolute Gasteiger partial charge is 0.409 e. The van der Waals surface area contributed by atoms with Gasteiger partial charge in [0.15, 0.2) is 0 Å². The number of hydrogen-bond acceptors (Lipinski definition) is 5. The summed E-state index contributed by atoms with van der Waals surface area (Å²) in [4.78, 5) is 30.4. The molecule has 2 rings (SSSR count). The Morgan fingerprint density at radius 1 is 1.35 bits per heavy atom. The third-order valence-electron chi connectivity index (χ3n) is 3.17. The van der Waals surface area contributed by atoms with E-state index >= 15 is 0 Å². The van der Waals surface area contributed by atoms with E-state index in [1.807, 2.05) is 6.07 Å². The summed E-state index contributed by atoms with van der Waals surface area (Å²) < 4.78 is 4.97. The van der Waals surface area contributed by atoms with Crippen molar-refractivity contribution in [2.75, 3.05) is 37.7 Å². The van der Waals surface area contributed by atoms with E-state index in [2.05, 4.69) is 9.88 Å². The van der Waals surface area contributed by atoms with Crippen molar-refractivity contribution in [1.29, 1.82) is 0 Å². The number of aromatic nitrogens is 1. The van der Waals surface area contributed by atoms with E-state index in [9.17, 15) is 9.59 Å². The minimum atomic E-state index is -0.544. The molecule has 0 aliphatic carbocycles. The molecule has 20 heavy (non-hydrogen) atoms. The molecular formula is C13H18N4O3. The number of nitrogens with zero attached hydrogens (tertiary/aromatic N) is 3. The molecule has 0 unspecified atom stereocenters. The van der Waals surface area contributed by atoms with Crippen LogP contribution in [0.25, 0.3) is 0 Å². The number of carbonyl (C=O) groups is 2. The van der Waals surface area contributed by atoms with Gasteiger partial charge in [0, 0.05) is 38.1 Å². The summed E-state index contributed by atoms with van der Waals surface area (Å²) in [5, 5.41) is 0. The summed E-state index contributed by atoms with van der Waals surface area (Å²) >= 11 is 0. The van der Waals surface area contributed by atoms with Crippen LogP contribution in [-0.2, 0) is 4.74 Å². The predicted molar refractivity (Wildman–Crippen MR) is 73.6 cm³/mol. The molecule has 1 aliphatic heterocycles. The lowest BCUT2D eigenvalue weighted by Gasteiger charge is -2.35. The highest BCUT2D eigenvalue weighted by atomic mass is 16.6. The lowest BCUT2D eigenvalue weighted by atomic mass is 10.2. The van der Waals surface area contributed by atoms with Gasteiger partial charge in [-0.15, -0.1) is 0 Å². The van der Waals surface area contributed by atoms with Gasteiger partial charge >= 0.3 is 6.09 Å². The fourth-order valence-corrected chi connectivity index (χ4v) is 2.11. The normalized spacial score (nSPS) is 15.1. The average molecular weight is 278 g/mol. The molecule has 1 aromatic rings. The SMILES string of the molecule is CCOC(=O)N1CCN(c2ccnc(C(N)=O)c2)CC1. The summed E-state index contributed by atoms with van der Waals surface area (Å²) in [6.07, 6.45) is 1.28. The van der Waals surface area contributed by atoms with Gasteiger partial charge in [-0.1, -0.05) is 0 Å². The Kier molecular flexibility index (Phi) is 4.39. The summed E-state index contributed by atoms with van der Waals surface area (Å²) in [6, 6.07) is 3.49. The van der Waals surface area contributed by atoms with Gasteiger partial charge < -0.3 is 20.3 Å². The van der Waals surface area contributed by atoms with Gasteiger partial charge in [-0.25, -0.2) is 4.79 Å². The van der Waals surface area contributed by atoms with Crippen molar-refractivity contribution < 1.29 is 14.3 Å². The highest BCUT2D eigenvalue weighted by Gasteiger charge is 2.22. The summed E-state index contributed by atoms with van der Waals surface area (Å²) in [7, 11) is 0. The van der Waals surface area contributed by atoms with Crippen LogP contribution in [0, 0.1) is 0 Å². The zero-order chi connectivity index (χ0) is 14.5. The van der Waals surface area contributed by atoms with Crippen molar-refractivity contribution in [2.24, 2.45) is 5.73 Å². The molecule has 7 nitrogen and oxygen atoms in total. The van der Waals surface area contributed by atoms with Gasteiger partial charge in [0.2, 0.25) is 0 Å². The number of piperazine rings is 1. The van der Waals surface area contributed by atoms with E-state index < -0.39 is 5.91 Å². The molecule has 2 N–H and O–H groups in total. The lowest BCUT2D eigenvalue weighted by molar-refractivity contribution is 0.0995. The Hall–Kier alpha value is -2.31. The van der Waals surface area contributed by atoms with E-state index in [0.29, 0.717) is 32.8 Å². The molecule has 0 bridgehead atoms. The third-order valence-corrected chi connectivity index (χ3v) is 3.17. The molecule has 1 fully saturated rings. The highest BCUT2D eigenvalue weighted by Crippen LogP contribution is 2.17. The number of pyridine rings is 1. The Morgan fingerprint density at radius 2 is 2.05 bits per heavy atom. The molecule has 1 saturated heterocycles. The van der Waals surface area contributed by atoms with Crippen LogP contribution in [0.4, 0.5) is 10.5 Å². The van der Waals surface area contributed by atoms with Crippen molar-refractivity contribution >= 4 is 17.7 Å². The first kappa shape index (κ1) is 14.1. The van der Waals surface area contributed by atoms with Crippen molar-refractivity contribution in [3.05, 3.63) is 24.0 Å².